The maximum atomic E-state index is 11.2. The number of hydrogen-bond donors (Lipinski definition) is 1. The van der Waals surface area contributed by atoms with Crippen molar-refractivity contribution in [3.8, 4) is 0 Å². The fourth-order valence-corrected chi connectivity index (χ4v) is 1.93. The predicted molar refractivity (Wildman–Crippen MR) is 44.3 cm³/mol. The van der Waals surface area contributed by atoms with Crippen LogP contribution in [0.3, 0.4) is 0 Å². The largest absolute Gasteiger partial charge is 0.369 e. The molecule has 62 valence electrons. The summed E-state index contributed by atoms with van der Waals surface area (Å²) in [5.41, 5.74) is 5.04. The van der Waals surface area contributed by atoms with Gasteiger partial charge < -0.3 is 5.73 Å². The molecule has 2 N–H and O–H groups in total. The number of amides is 1. The predicted octanol–water partition coefficient (Wildman–Crippen LogP) is 0.604. The lowest BCUT2D eigenvalue weighted by Gasteiger charge is -2.21. The molecule has 0 radical (unpaired) electrons. The van der Waals surface area contributed by atoms with Crippen molar-refractivity contribution < 1.29 is 9.59 Å². The first-order chi connectivity index (χ1) is 5.13. The lowest BCUT2D eigenvalue weighted by Crippen LogP contribution is -2.37. The second-order valence-electron chi connectivity index (χ2n) is 2.76. The van der Waals surface area contributed by atoms with Gasteiger partial charge in [0.05, 0.1) is 10.7 Å². The van der Waals surface area contributed by atoms with E-state index in [0.29, 0.717) is 6.42 Å². The molecule has 2 atom stereocenters. The van der Waals surface area contributed by atoms with Gasteiger partial charge in [-0.15, -0.1) is 0 Å². The first-order valence-corrected chi connectivity index (χ1v) is 4.51. The van der Waals surface area contributed by atoms with Crippen molar-refractivity contribution in [2.45, 2.75) is 24.1 Å². The summed E-state index contributed by atoms with van der Waals surface area (Å²) >= 11 is 3.21. The van der Waals surface area contributed by atoms with Crippen molar-refractivity contribution in [3.05, 3.63) is 0 Å². The first kappa shape index (κ1) is 8.71. The zero-order chi connectivity index (χ0) is 8.43. The van der Waals surface area contributed by atoms with Crippen molar-refractivity contribution >= 4 is 27.6 Å². The minimum atomic E-state index is -0.548. The molecule has 3 nitrogen and oxygen atoms in total. The Morgan fingerprint density at radius 2 is 2.18 bits per heavy atom. The van der Waals surface area contributed by atoms with Crippen LogP contribution in [0.15, 0.2) is 0 Å². The molecule has 0 spiro atoms. The number of Topliss-reactive ketones (excluding diaryl/α,β-unsaturated/α-hetero) is 1. The third kappa shape index (κ3) is 1.80. The average molecular weight is 220 g/mol. The van der Waals surface area contributed by atoms with E-state index in [2.05, 4.69) is 15.9 Å². The van der Waals surface area contributed by atoms with Gasteiger partial charge in [0, 0.05) is 0 Å². The molecule has 0 aromatic carbocycles. The SMILES string of the molecule is NC(=O)[C@@H]1CCC[C@H](Br)C1=O. The Hall–Kier alpha value is -0.380. The van der Waals surface area contributed by atoms with Crippen LogP contribution in [-0.4, -0.2) is 16.5 Å². The van der Waals surface area contributed by atoms with Crippen molar-refractivity contribution in [2.75, 3.05) is 0 Å². The van der Waals surface area contributed by atoms with E-state index in [9.17, 15) is 9.59 Å². The summed E-state index contributed by atoms with van der Waals surface area (Å²) in [6.07, 6.45) is 2.34. The van der Waals surface area contributed by atoms with Crippen LogP contribution in [0.4, 0.5) is 0 Å². The zero-order valence-electron chi connectivity index (χ0n) is 6.05. The van der Waals surface area contributed by atoms with Gasteiger partial charge in [-0.3, -0.25) is 9.59 Å². The molecule has 0 aliphatic heterocycles. The molecule has 0 aromatic rings. The summed E-state index contributed by atoms with van der Waals surface area (Å²) in [4.78, 5) is 21.8. The molecule has 0 heterocycles. The number of hydrogen-bond acceptors (Lipinski definition) is 2. The van der Waals surface area contributed by atoms with Gasteiger partial charge >= 0.3 is 0 Å². The molecule has 1 rings (SSSR count). The van der Waals surface area contributed by atoms with E-state index in [1.54, 1.807) is 0 Å². The number of primary amides is 1. The molecule has 0 unspecified atom stereocenters. The molecule has 0 aromatic heterocycles. The van der Waals surface area contributed by atoms with Gasteiger partial charge in [0.2, 0.25) is 5.91 Å². The molecule has 1 amide bonds. The van der Waals surface area contributed by atoms with E-state index in [4.69, 9.17) is 5.73 Å². The van der Waals surface area contributed by atoms with E-state index in [1.807, 2.05) is 0 Å². The molecule has 1 fully saturated rings. The third-order valence-corrected chi connectivity index (χ3v) is 2.86. The Balaban J connectivity index is 2.66. The highest BCUT2D eigenvalue weighted by atomic mass is 79.9. The summed E-state index contributed by atoms with van der Waals surface area (Å²) in [7, 11) is 0. The van der Waals surface area contributed by atoms with E-state index in [-0.39, 0.29) is 10.6 Å². The van der Waals surface area contributed by atoms with E-state index < -0.39 is 11.8 Å². The Kier molecular flexibility index (Phi) is 2.65. The molecule has 4 heteroatoms. The van der Waals surface area contributed by atoms with Crippen molar-refractivity contribution in [2.24, 2.45) is 11.7 Å². The number of rotatable bonds is 1. The molecule has 1 aliphatic carbocycles. The Labute approximate surface area is 73.5 Å². The number of nitrogens with two attached hydrogens (primary N) is 1. The lowest BCUT2D eigenvalue weighted by atomic mass is 9.87. The molecule has 1 saturated carbocycles. The second kappa shape index (κ2) is 3.34. The highest BCUT2D eigenvalue weighted by molar-refractivity contribution is 9.10. The van der Waals surface area contributed by atoms with Gasteiger partial charge in [0.25, 0.3) is 0 Å². The van der Waals surface area contributed by atoms with Gasteiger partial charge in [-0.05, 0) is 12.8 Å². The fraction of sp³-hybridized carbons (Fsp3) is 0.714. The van der Waals surface area contributed by atoms with Gasteiger partial charge in [0.1, 0.15) is 0 Å². The highest BCUT2D eigenvalue weighted by Gasteiger charge is 2.32. The highest BCUT2D eigenvalue weighted by Crippen LogP contribution is 2.25. The van der Waals surface area contributed by atoms with Gasteiger partial charge in [-0.2, -0.15) is 0 Å². The first-order valence-electron chi connectivity index (χ1n) is 3.60. The van der Waals surface area contributed by atoms with Gasteiger partial charge in [-0.25, -0.2) is 0 Å². The van der Waals surface area contributed by atoms with Crippen LogP contribution in [0, 0.1) is 5.92 Å². The van der Waals surface area contributed by atoms with Crippen LogP contribution in [0.2, 0.25) is 0 Å². The van der Waals surface area contributed by atoms with Crippen LogP contribution in [0.25, 0.3) is 0 Å². The lowest BCUT2D eigenvalue weighted by molar-refractivity contribution is -0.133. The number of alkyl halides is 1. The van der Waals surface area contributed by atoms with Gasteiger partial charge in [0.15, 0.2) is 5.78 Å². The van der Waals surface area contributed by atoms with Crippen molar-refractivity contribution in [1.29, 1.82) is 0 Å². The van der Waals surface area contributed by atoms with Crippen LogP contribution in [0.1, 0.15) is 19.3 Å². The van der Waals surface area contributed by atoms with E-state index in [0.717, 1.165) is 12.8 Å². The summed E-state index contributed by atoms with van der Waals surface area (Å²) < 4.78 is 0. The summed E-state index contributed by atoms with van der Waals surface area (Å²) in [5.74, 6) is -1.09. The minimum absolute atomic E-state index is 0.0521. The Bertz CT molecular complexity index is 193. The fourth-order valence-electron chi connectivity index (χ4n) is 1.29. The Morgan fingerprint density at radius 1 is 1.55 bits per heavy atom. The second-order valence-corrected chi connectivity index (χ2v) is 3.86. The summed E-state index contributed by atoms with van der Waals surface area (Å²) in [5, 5.41) is 0. The van der Waals surface area contributed by atoms with Crippen LogP contribution >= 0.6 is 15.9 Å². The topological polar surface area (TPSA) is 60.2 Å². The molecule has 0 bridgehead atoms. The normalized spacial score (nSPS) is 31.9. The van der Waals surface area contributed by atoms with Crippen molar-refractivity contribution in [1.82, 2.24) is 0 Å². The standard InChI is InChI=1S/C7H10BrNO2/c8-5-3-1-2-4(6(5)10)7(9)11/h4-5H,1-3H2,(H2,9,11)/t4-,5+/m1/s1. The number of halogens is 1. The summed E-state index contributed by atoms with van der Waals surface area (Å²) in [6.45, 7) is 0. The van der Waals surface area contributed by atoms with E-state index in [1.165, 1.54) is 0 Å². The third-order valence-electron chi connectivity index (χ3n) is 1.95. The van der Waals surface area contributed by atoms with Crippen molar-refractivity contribution in [3.63, 3.8) is 0 Å². The van der Waals surface area contributed by atoms with Crippen LogP contribution in [-0.2, 0) is 9.59 Å². The number of carbonyl (C=O) groups excluding carboxylic acids is 2. The average Bonchev–Trinajstić information content (AvgIpc) is 1.94. The minimum Gasteiger partial charge on any atom is -0.369 e. The monoisotopic (exact) mass is 219 g/mol. The maximum Gasteiger partial charge on any atom is 0.228 e. The van der Waals surface area contributed by atoms with Crippen LogP contribution in [0.5, 0.6) is 0 Å². The van der Waals surface area contributed by atoms with E-state index >= 15 is 0 Å². The molecule has 1 aliphatic rings. The smallest absolute Gasteiger partial charge is 0.228 e. The molecule has 11 heavy (non-hydrogen) atoms. The number of carbonyl (C=O) groups is 2. The zero-order valence-corrected chi connectivity index (χ0v) is 7.63. The number of ketones is 1. The summed E-state index contributed by atoms with van der Waals surface area (Å²) in [6, 6.07) is 0. The quantitative estimate of drug-likeness (QED) is 0.519. The maximum absolute atomic E-state index is 11.2. The molecular formula is C7H10BrNO2. The molecule has 0 saturated heterocycles. The van der Waals surface area contributed by atoms with Crippen LogP contribution < -0.4 is 5.73 Å². The Morgan fingerprint density at radius 3 is 2.64 bits per heavy atom. The molecular weight excluding hydrogens is 210 g/mol. The van der Waals surface area contributed by atoms with Gasteiger partial charge in [-0.1, -0.05) is 22.4 Å².